The van der Waals surface area contributed by atoms with Crippen molar-refractivity contribution in [3.63, 3.8) is 0 Å². The summed E-state index contributed by atoms with van der Waals surface area (Å²) in [6, 6.07) is 2.82. The minimum absolute atomic E-state index is 0.0446. The molecular formula is C21H27N7O14P2. The Morgan fingerprint density at radius 1 is 1.05 bits per heavy atom. The molecule has 0 aromatic carbocycles. The molecule has 2 aliphatic rings. The number of carbonyl (C=O) groups is 1. The number of phosphoric acid groups is 2. The second-order valence-electron chi connectivity index (χ2n) is 9.67. The Kier molecular flexibility index (Phi) is 9.13. The minimum atomic E-state index is -5.62. The molecule has 0 spiro atoms. The van der Waals surface area contributed by atoms with Crippen LogP contribution in [0.4, 0.5) is 5.82 Å². The number of anilines is 1. The minimum Gasteiger partial charge on any atom is -0.756 e. The van der Waals surface area contributed by atoms with Gasteiger partial charge in [0.1, 0.15) is 47.9 Å². The number of ether oxygens (including phenoxy) is 2. The summed E-state index contributed by atoms with van der Waals surface area (Å²) in [4.78, 5) is 45.5. The molecule has 0 aliphatic carbocycles. The molecule has 5 rings (SSSR count). The van der Waals surface area contributed by atoms with E-state index in [0.717, 1.165) is 6.33 Å². The number of rotatable bonds is 11. The number of hydrogen-bond acceptors (Lipinski definition) is 17. The van der Waals surface area contributed by atoms with E-state index in [-0.39, 0.29) is 22.5 Å². The standard InChI is InChI=1S/C21H27N7O14P2/c22-17-12-19(25-7-24-17)28(8-26-12)21-16(32)14(30)11(41-21)6-39-44(36,37)42-43(34,35)38-5-10-13(29)15(31)20(40-10)27-3-1-2-9(4-27)18(23)33/h1-4,7-8,10-11,13-16,20-21,29-32H,5-6H2,(H5-,22,23,24,25,33,34,35,36,37)/t10-,11-,13?,14?,15+,16+,20-,21-/m1/s1/i5+1,10+1,13+1,15+1,20+1. The third-order valence-corrected chi connectivity index (χ3v) is 9.30. The summed E-state index contributed by atoms with van der Waals surface area (Å²) in [6.07, 6.45) is -7.05. The summed E-state index contributed by atoms with van der Waals surface area (Å²) in [5.74, 6) is -0.729. The van der Waals surface area contributed by atoms with Gasteiger partial charge in [-0.3, -0.25) is 18.5 Å². The monoisotopic (exact) mass is 668 g/mol. The van der Waals surface area contributed by atoms with Crippen molar-refractivity contribution in [3.8, 4) is 0 Å². The third kappa shape index (κ3) is 6.65. The van der Waals surface area contributed by atoms with Gasteiger partial charge in [0, 0.05) is 6.07 Å². The zero-order chi connectivity index (χ0) is 32.0. The van der Waals surface area contributed by atoms with Gasteiger partial charge in [-0.1, -0.05) is 0 Å². The molecule has 44 heavy (non-hydrogen) atoms. The van der Waals surface area contributed by atoms with E-state index >= 15 is 0 Å². The molecule has 2 aliphatic heterocycles. The van der Waals surface area contributed by atoms with Gasteiger partial charge in [-0.2, -0.15) is 4.57 Å². The zero-order valence-electron chi connectivity index (χ0n) is 22.2. The van der Waals surface area contributed by atoms with Crippen LogP contribution in [0, 0.1) is 0 Å². The number of fused-ring (bicyclic) bond motifs is 1. The van der Waals surface area contributed by atoms with E-state index in [4.69, 9.17) is 20.9 Å². The molecule has 0 radical (unpaired) electrons. The molecule has 10 atom stereocenters. The summed E-state index contributed by atoms with van der Waals surface area (Å²) in [5.41, 5.74) is 11.4. The predicted octanol–water partition coefficient (Wildman–Crippen LogP) is -3.65. The molecular weight excluding hydrogens is 641 g/mol. The fourth-order valence-corrected chi connectivity index (χ4v) is 6.62. The van der Waals surface area contributed by atoms with E-state index in [1.54, 1.807) is 0 Å². The lowest BCUT2D eigenvalue weighted by Gasteiger charge is -2.26. The summed E-state index contributed by atoms with van der Waals surface area (Å²) < 4.78 is 51.5. The lowest BCUT2D eigenvalue weighted by atomic mass is 10.1. The number of aromatic nitrogens is 5. The number of phosphoric ester groups is 2. The van der Waals surface area contributed by atoms with Gasteiger partial charge < -0.3 is 55.7 Å². The van der Waals surface area contributed by atoms with E-state index in [1.807, 2.05) is 0 Å². The number of nitrogen functional groups attached to an aromatic ring is 1. The first-order chi connectivity index (χ1) is 20.7. The van der Waals surface area contributed by atoms with Gasteiger partial charge in [-0.25, -0.2) is 23.8 Å². The molecule has 2 fully saturated rings. The number of aliphatic hydroxyl groups is 4. The van der Waals surface area contributed by atoms with Crippen LogP contribution in [0.2, 0.25) is 0 Å². The topological polar surface area (TPSA) is 321 Å². The summed E-state index contributed by atoms with van der Waals surface area (Å²) >= 11 is 0. The number of hydrogen-bond donors (Lipinski definition) is 7. The van der Waals surface area contributed by atoms with Gasteiger partial charge in [-0.05, 0) is 6.07 Å². The molecule has 4 unspecified atom stereocenters. The first-order valence-corrected chi connectivity index (χ1v) is 15.5. The van der Waals surface area contributed by atoms with Gasteiger partial charge >= 0.3 is 7.82 Å². The Bertz CT molecular complexity index is 1630. The van der Waals surface area contributed by atoms with Crippen LogP contribution in [-0.2, 0) is 32.0 Å². The average Bonchev–Trinajstić information content (AvgIpc) is 3.61. The van der Waals surface area contributed by atoms with E-state index in [0.29, 0.717) is 0 Å². The Balaban J connectivity index is 1.16. The van der Waals surface area contributed by atoms with Crippen molar-refractivity contribution in [2.75, 3.05) is 18.9 Å². The van der Waals surface area contributed by atoms with Crippen LogP contribution in [0.1, 0.15) is 22.8 Å². The average molecular weight is 668 g/mol. The van der Waals surface area contributed by atoms with Gasteiger partial charge in [0.2, 0.25) is 0 Å². The third-order valence-electron chi connectivity index (χ3n) is 6.74. The van der Waals surface area contributed by atoms with Gasteiger partial charge in [0.15, 0.2) is 36.2 Å². The van der Waals surface area contributed by atoms with Crippen molar-refractivity contribution >= 4 is 38.5 Å². The fraction of sp³-hybridized carbons (Fsp3) is 0.476. The molecule has 0 bridgehead atoms. The van der Waals surface area contributed by atoms with Crippen molar-refractivity contribution in [3.05, 3.63) is 42.7 Å². The number of primary amides is 1. The van der Waals surface area contributed by atoms with Crippen molar-refractivity contribution < 1.29 is 71.5 Å². The number of carbonyl (C=O) groups excluding carboxylic acids is 1. The maximum Gasteiger partial charge on any atom is 0.478 e. The number of imidazole rings is 1. The van der Waals surface area contributed by atoms with Gasteiger partial charge in [0.05, 0.1) is 19.5 Å². The highest BCUT2D eigenvalue weighted by molar-refractivity contribution is 7.60. The molecule has 9 N–H and O–H groups in total. The quantitative estimate of drug-likeness (QED) is 0.0588. The first kappa shape index (κ1) is 32.4. The number of nitrogens with zero attached hydrogens (tertiary/aromatic N) is 5. The van der Waals surface area contributed by atoms with Gasteiger partial charge in [-0.15, -0.1) is 0 Å². The number of aliphatic hydroxyl groups excluding tert-OH is 4. The van der Waals surface area contributed by atoms with E-state index in [9.17, 15) is 44.1 Å². The number of nitrogens with two attached hydrogens (primary N) is 2. The molecule has 23 heteroatoms. The maximum absolute atomic E-state index is 12.4. The largest absolute Gasteiger partial charge is 0.756 e. The summed E-state index contributed by atoms with van der Waals surface area (Å²) in [7, 11) is -11.0. The van der Waals surface area contributed by atoms with Crippen molar-refractivity contribution in [2.45, 2.75) is 49.1 Å². The van der Waals surface area contributed by atoms with Crippen LogP contribution in [0.3, 0.4) is 0 Å². The van der Waals surface area contributed by atoms with Crippen LogP contribution < -0.4 is 20.9 Å². The first-order valence-electron chi connectivity index (χ1n) is 12.6. The molecule has 5 heterocycles. The van der Waals surface area contributed by atoms with Crippen molar-refractivity contribution in [2.24, 2.45) is 5.73 Å². The molecule has 3 aromatic rings. The highest BCUT2D eigenvalue weighted by Crippen LogP contribution is 2.58. The van der Waals surface area contributed by atoms with Crippen LogP contribution in [0.15, 0.2) is 37.2 Å². The summed E-state index contributed by atoms with van der Waals surface area (Å²) in [5, 5.41) is 41.6. The summed E-state index contributed by atoms with van der Waals surface area (Å²) in [6.45, 7) is -1.89. The van der Waals surface area contributed by atoms with Crippen LogP contribution in [0.25, 0.3) is 11.2 Å². The zero-order valence-corrected chi connectivity index (χ0v) is 24.0. The highest BCUT2D eigenvalue weighted by Gasteiger charge is 2.49. The van der Waals surface area contributed by atoms with Crippen LogP contribution in [-0.4, -0.2) is 101 Å². The normalized spacial score (nSPS) is 31.6. The smallest absolute Gasteiger partial charge is 0.478 e. The lowest BCUT2D eigenvalue weighted by molar-refractivity contribution is -0.765. The second kappa shape index (κ2) is 12.4. The fourth-order valence-electron chi connectivity index (χ4n) is 4.57. The van der Waals surface area contributed by atoms with Crippen LogP contribution in [0.5, 0.6) is 0 Å². The number of pyridine rings is 1. The molecule has 21 nitrogen and oxygen atoms in total. The maximum atomic E-state index is 12.4. The molecule has 3 aromatic heterocycles. The van der Waals surface area contributed by atoms with Crippen molar-refractivity contribution in [1.29, 1.82) is 0 Å². The second-order valence-corrected chi connectivity index (χ2v) is 12.7. The Morgan fingerprint density at radius 3 is 2.45 bits per heavy atom. The number of amides is 1. The molecule has 240 valence electrons. The Labute approximate surface area is 246 Å². The van der Waals surface area contributed by atoms with Gasteiger partial charge in [0.25, 0.3) is 20.0 Å². The van der Waals surface area contributed by atoms with E-state index in [1.165, 1.54) is 40.0 Å². The van der Waals surface area contributed by atoms with E-state index in [2.05, 4.69) is 28.3 Å². The highest BCUT2D eigenvalue weighted by atomic mass is 31.3. The molecule has 1 amide bonds. The SMILES string of the molecule is NC(=O)c1ccc[n+]([13C@@H]2O[13C@H]([13CH2]OP(=O)([O-])OP(=O)(O)OC[C@H]3O[C@@H](n4cnc5c(N)ncnc54)[C@@H](O)C3O)[13CH](O)[13C@@H]2O)c1. The lowest BCUT2D eigenvalue weighted by Crippen LogP contribution is -2.46. The van der Waals surface area contributed by atoms with E-state index < -0.39 is 83.8 Å². The molecule has 0 saturated carbocycles. The van der Waals surface area contributed by atoms with Crippen molar-refractivity contribution in [1.82, 2.24) is 19.5 Å². The Hall–Kier alpha value is -3.01. The Morgan fingerprint density at radius 2 is 1.73 bits per heavy atom. The predicted molar refractivity (Wildman–Crippen MR) is 137 cm³/mol. The van der Waals surface area contributed by atoms with Crippen LogP contribution >= 0.6 is 15.6 Å². The molecule has 2 saturated heterocycles.